The van der Waals surface area contributed by atoms with Crippen molar-refractivity contribution in [3.8, 4) is 0 Å². The van der Waals surface area contributed by atoms with E-state index in [0.717, 1.165) is 44.3 Å². The zero-order chi connectivity index (χ0) is 18.6. The Bertz CT molecular complexity index is 683. The number of hydrogen-bond acceptors (Lipinski definition) is 6. The Morgan fingerprint density at radius 2 is 2.12 bits per heavy atom. The first-order valence-electron chi connectivity index (χ1n) is 9.66. The number of likely N-dealkylation sites (tertiary alicyclic amines) is 1. The molecule has 1 saturated heterocycles. The lowest BCUT2D eigenvalue weighted by Crippen LogP contribution is -2.40. The van der Waals surface area contributed by atoms with Crippen LogP contribution < -0.4 is 0 Å². The number of rotatable bonds is 10. The van der Waals surface area contributed by atoms with Crippen LogP contribution in [0.2, 0.25) is 0 Å². The van der Waals surface area contributed by atoms with Gasteiger partial charge in [-0.05, 0) is 44.6 Å². The number of ether oxygens (including phenoxy) is 1. The van der Waals surface area contributed by atoms with E-state index < -0.39 is 9.84 Å². The fourth-order valence-electron chi connectivity index (χ4n) is 3.81. The minimum atomic E-state index is -3.36. The lowest BCUT2D eigenvalue weighted by atomic mass is 9.99. The van der Waals surface area contributed by atoms with E-state index in [1.54, 1.807) is 13.3 Å². The van der Waals surface area contributed by atoms with E-state index in [9.17, 15) is 13.5 Å². The van der Waals surface area contributed by atoms with Gasteiger partial charge in [0.25, 0.3) is 0 Å². The largest absolute Gasteiger partial charge is 0.396 e. The van der Waals surface area contributed by atoms with Crippen molar-refractivity contribution in [1.82, 2.24) is 14.5 Å². The Labute approximate surface area is 156 Å². The number of methoxy groups -OCH3 is 1. The van der Waals surface area contributed by atoms with Crippen LogP contribution in [0.15, 0.2) is 11.4 Å². The summed E-state index contributed by atoms with van der Waals surface area (Å²) in [5, 5.41) is 9.52. The SMILES string of the molecule is COCCn1c(CN2CCCCC2CCO)cnc1S(=O)(=O)CC1CC1. The number of piperidine rings is 1. The first kappa shape index (κ1) is 19.8. The number of aliphatic hydroxyl groups is 1. The molecule has 8 heteroatoms. The fraction of sp³-hybridized carbons (Fsp3) is 0.833. The molecule has 1 unspecified atom stereocenters. The molecular formula is C18H31N3O4S. The van der Waals surface area contributed by atoms with Crippen molar-refractivity contribution >= 4 is 9.84 Å². The van der Waals surface area contributed by atoms with Crippen molar-refractivity contribution in [2.45, 2.75) is 62.8 Å². The van der Waals surface area contributed by atoms with Crippen LogP contribution >= 0.6 is 0 Å². The fourth-order valence-corrected chi connectivity index (χ4v) is 5.67. The highest BCUT2D eigenvalue weighted by molar-refractivity contribution is 7.91. The van der Waals surface area contributed by atoms with Gasteiger partial charge in [0.1, 0.15) is 0 Å². The van der Waals surface area contributed by atoms with Crippen LogP contribution in [0.3, 0.4) is 0 Å². The summed E-state index contributed by atoms with van der Waals surface area (Å²) in [6.45, 7) is 2.77. The average Bonchev–Trinajstić information content (AvgIpc) is 3.32. The average molecular weight is 386 g/mol. The van der Waals surface area contributed by atoms with Crippen molar-refractivity contribution in [2.24, 2.45) is 5.92 Å². The van der Waals surface area contributed by atoms with Crippen LogP contribution in [-0.4, -0.2) is 66.6 Å². The summed E-state index contributed by atoms with van der Waals surface area (Å²) in [5.41, 5.74) is 0.918. The predicted molar refractivity (Wildman–Crippen MR) is 98.6 cm³/mol. The molecule has 1 saturated carbocycles. The number of aromatic nitrogens is 2. The minimum absolute atomic E-state index is 0.186. The normalized spacial score (nSPS) is 22.0. The molecule has 2 aliphatic rings. The number of sulfone groups is 1. The number of hydrogen-bond donors (Lipinski definition) is 1. The van der Waals surface area contributed by atoms with Crippen LogP contribution in [0.1, 0.15) is 44.2 Å². The van der Waals surface area contributed by atoms with E-state index in [1.165, 1.54) is 6.42 Å². The predicted octanol–water partition coefficient (Wildman–Crippen LogP) is 1.45. The maximum atomic E-state index is 12.8. The van der Waals surface area contributed by atoms with Crippen LogP contribution in [0.25, 0.3) is 0 Å². The highest BCUT2D eigenvalue weighted by Crippen LogP contribution is 2.32. The summed E-state index contributed by atoms with van der Waals surface area (Å²) in [6, 6.07) is 0.353. The summed E-state index contributed by atoms with van der Waals surface area (Å²) >= 11 is 0. The van der Waals surface area contributed by atoms with Crippen molar-refractivity contribution in [3.05, 3.63) is 11.9 Å². The van der Waals surface area contributed by atoms with Gasteiger partial charge in [0.2, 0.25) is 15.0 Å². The Kier molecular flexibility index (Phi) is 6.71. The van der Waals surface area contributed by atoms with E-state index in [4.69, 9.17) is 4.74 Å². The van der Waals surface area contributed by atoms with Gasteiger partial charge in [0.15, 0.2) is 0 Å². The highest BCUT2D eigenvalue weighted by Gasteiger charge is 2.33. The molecule has 0 amide bonds. The molecule has 2 fully saturated rings. The van der Waals surface area contributed by atoms with Gasteiger partial charge >= 0.3 is 0 Å². The van der Waals surface area contributed by atoms with Crippen LogP contribution in [0.4, 0.5) is 0 Å². The summed E-state index contributed by atoms with van der Waals surface area (Å²) in [5.74, 6) is 0.500. The highest BCUT2D eigenvalue weighted by atomic mass is 32.2. The molecule has 1 atom stereocenters. The third kappa shape index (κ3) is 4.85. The molecule has 148 valence electrons. The molecule has 1 aliphatic heterocycles. The van der Waals surface area contributed by atoms with Gasteiger partial charge in [-0.1, -0.05) is 6.42 Å². The van der Waals surface area contributed by atoms with Gasteiger partial charge in [0.05, 0.1) is 24.3 Å². The minimum Gasteiger partial charge on any atom is -0.396 e. The third-order valence-corrected chi connectivity index (χ3v) is 7.22. The zero-order valence-corrected chi connectivity index (χ0v) is 16.5. The second kappa shape index (κ2) is 8.82. The zero-order valence-electron chi connectivity index (χ0n) is 15.6. The standard InChI is InChI=1S/C18H31N3O4S/c1-25-11-9-21-17(13-20-8-3-2-4-16(20)7-10-22)12-19-18(21)26(23,24)14-15-5-6-15/h12,15-16,22H,2-11,13-14H2,1H3. The topological polar surface area (TPSA) is 84.7 Å². The van der Waals surface area contributed by atoms with Crippen molar-refractivity contribution in [1.29, 1.82) is 0 Å². The molecule has 1 aromatic heterocycles. The summed E-state index contributed by atoms with van der Waals surface area (Å²) in [6.07, 6.45) is 7.88. The van der Waals surface area contributed by atoms with Gasteiger partial charge in [-0.2, -0.15) is 0 Å². The quantitative estimate of drug-likeness (QED) is 0.656. The summed E-state index contributed by atoms with van der Waals surface area (Å²) < 4.78 is 32.6. The molecular weight excluding hydrogens is 354 g/mol. The van der Waals surface area contributed by atoms with E-state index >= 15 is 0 Å². The maximum absolute atomic E-state index is 12.8. The van der Waals surface area contributed by atoms with Crippen molar-refractivity contribution < 1.29 is 18.3 Å². The third-order valence-electron chi connectivity index (χ3n) is 5.43. The lowest BCUT2D eigenvalue weighted by Gasteiger charge is -2.35. The van der Waals surface area contributed by atoms with Crippen molar-refractivity contribution in [2.75, 3.05) is 32.6 Å². The molecule has 0 aromatic carbocycles. The van der Waals surface area contributed by atoms with E-state index in [2.05, 4.69) is 9.88 Å². The van der Waals surface area contributed by atoms with Crippen LogP contribution in [0.5, 0.6) is 0 Å². The number of imidazole rings is 1. The molecule has 7 nitrogen and oxygen atoms in total. The molecule has 26 heavy (non-hydrogen) atoms. The summed E-state index contributed by atoms with van der Waals surface area (Å²) in [4.78, 5) is 6.66. The first-order valence-corrected chi connectivity index (χ1v) is 11.3. The number of aliphatic hydroxyl groups excluding tert-OH is 1. The Balaban J connectivity index is 1.81. The van der Waals surface area contributed by atoms with E-state index in [0.29, 0.717) is 31.7 Å². The van der Waals surface area contributed by atoms with Gasteiger partial charge in [-0.15, -0.1) is 0 Å². The van der Waals surface area contributed by atoms with E-state index in [1.807, 2.05) is 4.57 Å². The Hall–Kier alpha value is -0.960. The smallest absolute Gasteiger partial charge is 0.227 e. The molecule has 1 aromatic rings. The van der Waals surface area contributed by atoms with Crippen molar-refractivity contribution in [3.63, 3.8) is 0 Å². The molecule has 0 spiro atoms. The molecule has 0 bridgehead atoms. The number of nitrogens with zero attached hydrogens (tertiary/aromatic N) is 3. The van der Waals surface area contributed by atoms with Crippen LogP contribution in [-0.2, 0) is 27.7 Å². The molecule has 1 aliphatic carbocycles. The lowest BCUT2D eigenvalue weighted by molar-refractivity contribution is 0.108. The monoisotopic (exact) mass is 385 g/mol. The van der Waals surface area contributed by atoms with Gasteiger partial charge in [-0.25, -0.2) is 13.4 Å². The second-order valence-corrected chi connectivity index (χ2v) is 9.46. The molecule has 2 heterocycles. The van der Waals surface area contributed by atoms with Gasteiger partial charge in [0, 0.05) is 32.8 Å². The Morgan fingerprint density at radius 3 is 2.81 bits per heavy atom. The van der Waals surface area contributed by atoms with Crippen LogP contribution in [0, 0.1) is 5.92 Å². The molecule has 3 rings (SSSR count). The Morgan fingerprint density at radius 1 is 1.31 bits per heavy atom. The molecule has 0 radical (unpaired) electrons. The first-order chi connectivity index (χ1) is 12.5. The van der Waals surface area contributed by atoms with E-state index in [-0.39, 0.29) is 17.5 Å². The maximum Gasteiger partial charge on any atom is 0.227 e. The van der Waals surface area contributed by atoms with Gasteiger partial charge < -0.3 is 14.4 Å². The summed E-state index contributed by atoms with van der Waals surface area (Å²) in [7, 11) is -1.74. The molecule has 1 N–H and O–H groups in total. The van der Waals surface area contributed by atoms with Gasteiger partial charge in [-0.3, -0.25) is 4.90 Å². The second-order valence-electron chi connectivity index (χ2n) is 7.53.